The minimum Gasteiger partial charge on any atom is -0.381 e. The first-order chi connectivity index (χ1) is 12.2. The molecule has 1 atom stereocenters. The Balaban J connectivity index is 1.47. The molecule has 0 amide bonds. The first-order valence-electron chi connectivity index (χ1n) is 8.03. The number of ether oxygens (including phenoxy) is 1. The average molecular weight is 363 g/mol. The van der Waals surface area contributed by atoms with E-state index in [0.29, 0.717) is 24.8 Å². The molecule has 130 valence electrons. The Bertz CT molecular complexity index is 873. The normalized spacial score (nSPS) is 17.8. The number of benzene rings is 1. The molecule has 3 aromatic rings. The largest absolute Gasteiger partial charge is 0.381 e. The summed E-state index contributed by atoms with van der Waals surface area (Å²) in [6.07, 6.45) is 5.80. The van der Waals surface area contributed by atoms with Crippen molar-refractivity contribution in [2.75, 3.05) is 13.2 Å². The standard InChI is InChI=1S/C16H16ClFN6O/c17-14-6-13(3-4-15(14)18)24-8-12(19-22-24)7-23-9-16(20-21-23)11-2-1-5-25-10-11/h3-4,6,8-9,11H,1-2,5,7,10H2. The molecule has 0 N–H and O–H groups in total. The molecule has 2 aromatic heterocycles. The van der Waals surface area contributed by atoms with E-state index < -0.39 is 5.82 Å². The van der Waals surface area contributed by atoms with Crippen molar-refractivity contribution in [2.24, 2.45) is 0 Å². The fourth-order valence-electron chi connectivity index (χ4n) is 2.84. The van der Waals surface area contributed by atoms with Crippen LogP contribution in [0.5, 0.6) is 0 Å². The van der Waals surface area contributed by atoms with Gasteiger partial charge in [0.1, 0.15) is 11.5 Å². The number of halogens is 2. The van der Waals surface area contributed by atoms with E-state index in [9.17, 15) is 4.39 Å². The Kier molecular flexibility index (Phi) is 4.46. The summed E-state index contributed by atoms with van der Waals surface area (Å²) in [5, 5.41) is 16.6. The molecular weight excluding hydrogens is 347 g/mol. The second-order valence-corrected chi connectivity index (χ2v) is 6.42. The van der Waals surface area contributed by atoms with E-state index in [1.807, 2.05) is 6.20 Å². The van der Waals surface area contributed by atoms with E-state index in [0.717, 1.165) is 30.8 Å². The van der Waals surface area contributed by atoms with E-state index in [1.165, 1.54) is 12.1 Å². The van der Waals surface area contributed by atoms with Crippen molar-refractivity contribution in [1.82, 2.24) is 30.0 Å². The molecule has 1 unspecified atom stereocenters. The molecule has 1 aromatic carbocycles. The Morgan fingerprint density at radius 2 is 2.16 bits per heavy atom. The zero-order valence-corrected chi connectivity index (χ0v) is 14.1. The summed E-state index contributed by atoms with van der Waals surface area (Å²) in [7, 11) is 0. The van der Waals surface area contributed by atoms with Crippen LogP contribution in [0.3, 0.4) is 0 Å². The predicted octanol–water partition coefficient (Wildman–Crippen LogP) is 2.59. The molecule has 1 aliphatic rings. The maximum Gasteiger partial charge on any atom is 0.141 e. The lowest BCUT2D eigenvalue weighted by atomic mass is 9.99. The summed E-state index contributed by atoms with van der Waals surface area (Å²) in [6.45, 7) is 1.97. The van der Waals surface area contributed by atoms with E-state index >= 15 is 0 Å². The maximum atomic E-state index is 13.3. The zero-order chi connectivity index (χ0) is 17.2. The SMILES string of the molecule is Fc1ccc(-n2cc(Cn3cc(C4CCCOC4)nn3)nn2)cc1Cl. The molecule has 9 heteroatoms. The number of hydrogen-bond donors (Lipinski definition) is 0. The van der Waals surface area contributed by atoms with Gasteiger partial charge in [-0.3, -0.25) is 0 Å². The lowest BCUT2D eigenvalue weighted by molar-refractivity contribution is 0.0793. The third-order valence-electron chi connectivity index (χ3n) is 4.17. The smallest absolute Gasteiger partial charge is 0.141 e. The fourth-order valence-corrected chi connectivity index (χ4v) is 3.02. The van der Waals surface area contributed by atoms with Crippen molar-refractivity contribution in [3.63, 3.8) is 0 Å². The van der Waals surface area contributed by atoms with E-state index in [2.05, 4.69) is 20.6 Å². The van der Waals surface area contributed by atoms with Gasteiger partial charge in [-0.25, -0.2) is 13.8 Å². The van der Waals surface area contributed by atoms with Crippen LogP contribution in [0.1, 0.15) is 30.1 Å². The van der Waals surface area contributed by atoms with Crippen molar-refractivity contribution in [3.8, 4) is 5.69 Å². The molecule has 7 nitrogen and oxygen atoms in total. The van der Waals surface area contributed by atoms with E-state index in [4.69, 9.17) is 16.3 Å². The Labute approximate surface area is 148 Å². The number of hydrogen-bond acceptors (Lipinski definition) is 5. The summed E-state index contributed by atoms with van der Waals surface area (Å²) >= 11 is 5.81. The van der Waals surface area contributed by atoms with Gasteiger partial charge in [0.05, 0.1) is 35.8 Å². The van der Waals surface area contributed by atoms with Gasteiger partial charge in [0.25, 0.3) is 0 Å². The van der Waals surface area contributed by atoms with Crippen LogP contribution in [0.15, 0.2) is 30.6 Å². The number of nitrogens with zero attached hydrogens (tertiary/aromatic N) is 6. The van der Waals surface area contributed by atoms with Crippen LogP contribution in [0.2, 0.25) is 5.02 Å². The third kappa shape index (κ3) is 3.54. The van der Waals surface area contributed by atoms with Crippen LogP contribution in [-0.4, -0.2) is 43.2 Å². The molecule has 4 rings (SSSR count). The second kappa shape index (κ2) is 6.89. The predicted molar refractivity (Wildman–Crippen MR) is 88.2 cm³/mol. The maximum absolute atomic E-state index is 13.3. The van der Waals surface area contributed by atoms with Crippen molar-refractivity contribution in [3.05, 3.63) is 52.8 Å². The quantitative estimate of drug-likeness (QED) is 0.713. The second-order valence-electron chi connectivity index (χ2n) is 6.01. The van der Waals surface area contributed by atoms with Crippen LogP contribution in [0, 0.1) is 5.82 Å². The minimum absolute atomic E-state index is 0.0465. The van der Waals surface area contributed by atoms with Crippen molar-refractivity contribution in [2.45, 2.75) is 25.3 Å². The highest BCUT2D eigenvalue weighted by atomic mass is 35.5. The molecule has 3 heterocycles. The van der Waals surface area contributed by atoms with Gasteiger partial charge in [0.15, 0.2) is 0 Å². The van der Waals surface area contributed by atoms with Gasteiger partial charge in [-0.2, -0.15) is 0 Å². The van der Waals surface area contributed by atoms with E-state index in [-0.39, 0.29) is 5.02 Å². The first kappa shape index (κ1) is 16.2. The molecule has 1 saturated heterocycles. The van der Waals surface area contributed by atoms with Gasteiger partial charge in [0, 0.05) is 18.7 Å². The molecule has 25 heavy (non-hydrogen) atoms. The molecule has 0 radical (unpaired) electrons. The minimum atomic E-state index is -0.465. The highest BCUT2D eigenvalue weighted by molar-refractivity contribution is 6.30. The lowest BCUT2D eigenvalue weighted by Gasteiger charge is -2.19. The van der Waals surface area contributed by atoms with Gasteiger partial charge >= 0.3 is 0 Å². The van der Waals surface area contributed by atoms with Crippen molar-refractivity contribution in [1.29, 1.82) is 0 Å². The van der Waals surface area contributed by atoms with E-state index in [1.54, 1.807) is 21.6 Å². The first-order valence-corrected chi connectivity index (χ1v) is 8.41. The lowest BCUT2D eigenvalue weighted by Crippen LogP contribution is -2.15. The monoisotopic (exact) mass is 362 g/mol. The summed E-state index contributed by atoms with van der Waals surface area (Å²) in [6, 6.07) is 4.40. The number of aromatic nitrogens is 6. The van der Waals surface area contributed by atoms with Gasteiger partial charge in [0.2, 0.25) is 0 Å². The highest BCUT2D eigenvalue weighted by Gasteiger charge is 2.19. The summed E-state index contributed by atoms with van der Waals surface area (Å²) < 4.78 is 22.0. The topological polar surface area (TPSA) is 70.7 Å². The molecule has 0 spiro atoms. The van der Waals surface area contributed by atoms with Crippen molar-refractivity contribution < 1.29 is 9.13 Å². The van der Waals surface area contributed by atoms with Crippen LogP contribution in [0.25, 0.3) is 5.69 Å². The van der Waals surface area contributed by atoms with Crippen LogP contribution < -0.4 is 0 Å². The number of rotatable bonds is 4. The summed E-state index contributed by atoms with van der Waals surface area (Å²) in [5.74, 6) is -0.160. The highest BCUT2D eigenvalue weighted by Crippen LogP contribution is 2.23. The van der Waals surface area contributed by atoms with Gasteiger partial charge < -0.3 is 4.74 Å². The molecule has 0 aliphatic carbocycles. The van der Waals surface area contributed by atoms with Gasteiger partial charge in [-0.1, -0.05) is 22.0 Å². The van der Waals surface area contributed by atoms with Crippen LogP contribution in [-0.2, 0) is 11.3 Å². The van der Waals surface area contributed by atoms with Crippen LogP contribution in [0.4, 0.5) is 4.39 Å². The molecule has 0 saturated carbocycles. The summed E-state index contributed by atoms with van der Waals surface area (Å²) in [5.41, 5.74) is 2.30. The Morgan fingerprint density at radius 1 is 1.24 bits per heavy atom. The van der Waals surface area contributed by atoms with Gasteiger partial charge in [-0.05, 0) is 31.0 Å². The molecule has 1 fully saturated rings. The third-order valence-corrected chi connectivity index (χ3v) is 4.46. The van der Waals surface area contributed by atoms with Gasteiger partial charge in [-0.15, -0.1) is 10.2 Å². The average Bonchev–Trinajstić information content (AvgIpc) is 3.28. The molecule has 0 bridgehead atoms. The Hall–Kier alpha value is -2.32. The zero-order valence-electron chi connectivity index (χ0n) is 13.3. The summed E-state index contributed by atoms with van der Waals surface area (Å²) in [4.78, 5) is 0. The Morgan fingerprint density at radius 3 is 2.96 bits per heavy atom. The fraction of sp³-hybridized carbons (Fsp3) is 0.375. The molecular formula is C16H16ClFN6O. The van der Waals surface area contributed by atoms with Crippen molar-refractivity contribution >= 4 is 11.6 Å². The molecule has 1 aliphatic heterocycles. The van der Waals surface area contributed by atoms with Crippen LogP contribution >= 0.6 is 11.6 Å².